The van der Waals surface area contributed by atoms with E-state index in [4.69, 9.17) is 16.3 Å². The van der Waals surface area contributed by atoms with Crippen LogP contribution < -0.4 is 4.74 Å². The van der Waals surface area contributed by atoms with Gasteiger partial charge in [0.15, 0.2) is 0 Å². The molecule has 0 saturated carbocycles. The van der Waals surface area contributed by atoms with Gasteiger partial charge < -0.3 is 19.3 Å². The van der Waals surface area contributed by atoms with Crippen LogP contribution in [0.5, 0.6) is 5.75 Å². The molecule has 32 heavy (non-hydrogen) atoms. The predicted octanol–water partition coefficient (Wildman–Crippen LogP) is 4.06. The lowest BCUT2D eigenvalue weighted by Gasteiger charge is -2.25. The SMILES string of the molecule is COc1ccc(C(O)=C2C(=O)C(=O)N(CCCn3ccnc3)C2c2ccc(Cl)cc2)cc1. The maximum Gasteiger partial charge on any atom is 0.295 e. The van der Waals surface area contributed by atoms with Crippen LogP contribution in [0, 0.1) is 0 Å². The molecule has 3 aromatic rings. The first kappa shape index (κ1) is 21.6. The summed E-state index contributed by atoms with van der Waals surface area (Å²) in [5.41, 5.74) is 1.19. The lowest BCUT2D eigenvalue weighted by molar-refractivity contribution is -0.139. The Hall–Kier alpha value is -3.58. The number of amides is 1. The number of aryl methyl sites for hydroxylation is 1. The number of halogens is 1. The number of imidazole rings is 1. The maximum absolute atomic E-state index is 13.0. The summed E-state index contributed by atoms with van der Waals surface area (Å²) in [5, 5.41) is 11.6. The van der Waals surface area contributed by atoms with E-state index in [9.17, 15) is 14.7 Å². The number of ether oxygens (including phenoxy) is 1. The number of rotatable bonds is 7. The summed E-state index contributed by atoms with van der Waals surface area (Å²) in [5.74, 6) is -0.939. The average molecular weight is 452 g/mol. The highest BCUT2D eigenvalue weighted by atomic mass is 35.5. The van der Waals surface area contributed by atoms with Gasteiger partial charge >= 0.3 is 0 Å². The number of hydrogen-bond donors (Lipinski definition) is 1. The van der Waals surface area contributed by atoms with Gasteiger partial charge in [0.25, 0.3) is 11.7 Å². The largest absolute Gasteiger partial charge is 0.507 e. The number of Topliss-reactive ketones (excluding diaryl/α,β-unsaturated/α-hetero) is 1. The van der Waals surface area contributed by atoms with E-state index in [-0.39, 0.29) is 11.3 Å². The molecule has 1 aliphatic rings. The van der Waals surface area contributed by atoms with E-state index >= 15 is 0 Å². The smallest absolute Gasteiger partial charge is 0.295 e. The quantitative estimate of drug-likeness (QED) is 0.332. The fourth-order valence-corrected chi connectivity index (χ4v) is 3.98. The highest BCUT2D eigenvalue weighted by molar-refractivity contribution is 6.46. The highest BCUT2D eigenvalue weighted by Gasteiger charge is 2.45. The second-order valence-electron chi connectivity index (χ2n) is 7.43. The topological polar surface area (TPSA) is 84.7 Å². The van der Waals surface area contributed by atoms with Crippen LogP contribution in [0.3, 0.4) is 0 Å². The molecule has 0 radical (unpaired) electrons. The fraction of sp³-hybridized carbons (Fsp3) is 0.208. The van der Waals surface area contributed by atoms with Crippen molar-refractivity contribution in [3.05, 3.63) is 89.0 Å². The molecular weight excluding hydrogens is 430 g/mol. The van der Waals surface area contributed by atoms with Crippen molar-refractivity contribution in [1.82, 2.24) is 14.5 Å². The number of nitrogens with zero attached hydrogens (tertiary/aromatic N) is 3. The maximum atomic E-state index is 13.0. The van der Waals surface area contributed by atoms with Crippen molar-refractivity contribution < 1.29 is 19.4 Å². The first-order valence-electron chi connectivity index (χ1n) is 10.1. The van der Waals surface area contributed by atoms with Crippen molar-refractivity contribution >= 4 is 29.1 Å². The second-order valence-corrected chi connectivity index (χ2v) is 7.86. The Labute approximate surface area is 190 Å². The van der Waals surface area contributed by atoms with Gasteiger partial charge in [-0.3, -0.25) is 9.59 Å². The Bertz CT molecular complexity index is 1140. The number of hydrogen-bond acceptors (Lipinski definition) is 5. The molecule has 1 aromatic heterocycles. The molecule has 0 aliphatic carbocycles. The minimum atomic E-state index is -0.711. The first-order chi connectivity index (χ1) is 15.5. The van der Waals surface area contributed by atoms with E-state index in [1.807, 2.05) is 10.8 Å². The third-order valence-electron chi connectivity index (χ3n) is 5.46. The van der Waals surface area contributed by atoms with E-state index in [0.717, 1.165) is 0 Å². The van der Waals surface area contributed by atoms with Crippen LogP contribution in [0.4, 0.5) is 0 Å². The molecule has 1 aliphatic heterocycles. The van der Waals surface area contributed by atoms with Crippen LogP contribution in [0.1, 0.15) is 23.6 Å². The van der Waals surface area contributed by atoms with Crippen LogP contribution in [0.15, 0.2) is 72.8 Å². The molecule has 1 amide bonds. The average Bonchev–Trinajstić information content (AvgIpc) is 3.41. The predicted molar refractivity (Wildman–Crippen MR) is 120 cm³/mol. The van der Waals surface area contributed by atoms with Crippen LogP contribution in [0.2, 0.25) is 5.02 Å². The molecule has 1 saturated heterocycles. The zero-order chi connectivity index (χ0) is 22.7. The number of aromatic nitrogens is 2. The lowest BCUT2D eigenvalue weighted by Crippen LogP contribution is -2.31. The number of aliphatic hydroxyl groups excluding tert-OH is 1. The molecular formula is C24H22ClN3O4. The molecule has 4 rings (SSSR count). The molecule has 1 unspecified atom stereocenters. The number of ketones is 1. The molecule has 164 valence electrons. The summed E-state index contributed by atoms with van der Waals surface area (Å²) in [6.07, 6.45) is 5.85. The number of likely N-dealkylation sites (tertiary alicyclic amines) is 1. The first-order valence-corrected chi connectivity index (χ1v) is 10.5. The molecule has 1 N–H and O–H groups in total. The summed E-state index contributed by atoms with van der Waals surface area (Å²) in [6.45, 7) is 0.990. The van der Waals surface area contributed by atoms with Crippen molar-refractivity contribution in [2.24, 2.45) is 0 Å². The van der Waals surface area contributed by atoms with Crippen molar-refractivity contribution in [3.8, 4) is 5.75 Å². The molecule has 7 nitrogen and oxygen atoms in total. The number of benzene rings is 2. The number of carbonyl (C=O) groups is 2. The number of aliphatic hydroxyl groups is 1. The van der Waals surface area contributed by atoms with Gasteiger partial charge in [0.2, 0.25) is 0 Å². The van der Waals surface area contributed by atoms with Gasteiger partial charge in [-0.05, 0) is 48.4 Å². The second kappa shape index (κ2) is 9.28. The normalized spacial score (nSPS) is 17.7. The summed E-state index contributed by atoms with van der Waals surface area (Å²) < 4.78 is 7.07. The van der Waals surface area contributed by atoms with E-state index in [1.165, 1.54) is 4.90 Å². The third kappa shape index (κ3) is 4.24. The number of methoxy groups -OCH3 is 1. The van der Waals surface area contributed by atoms with Crippen molar-refractivity contribution in [1.29, 1.82) is 0 Å². The monoisotopic (exact) mass is 451 g/mol. The zero-order valence-electron chi connectivity index (χ0n) is 17.4. The number of carbonyl (C=O) groups excluding carboxylic acids is 2. The Morgan fingerprint density at radius 1 is 1.09 bits per heavy atom. The Kier molecular flexibility index (Phi) is 6.28. The molecule has 1 atom stereocenters. The van der Waals surface area contributed by atoms with Crippen LogP contribution in [-0.2, 0) is 16.1 Å². The van der Waals surface area contributed by atoms with Gasteiger partial charge in [0, 0.05) is 36.1 Å². The van der Waals surface area contributed by atoms with Gasteiger partial charge in [0.1, 0.15) is 11.5 Å². The minimum Gasteiger partial charge on any atom is -0.507 e. The molecule has 0 bridgehead atoms. The van der Waals surface area contributed by atoms with E-state index < -0.39 is 17.7 Å². The lowest BCUT2D eigenvalue weighted by atomic mass is 9.95. The Morgan fingerprint density at radius 3 is 2.44 bits per heavy atom. The Balaban J connectivity index is 1.71. The molecule has 8 heteroatoms. The molecule has 2 heterocycles. The summed E-state index contributed by atoms with van der Waals surface area (Å²) >= 11 is 6.05. The van der Waals surface area contributed by atoms with E-state index in [0.29, 0.717) is 41.4 Å². The van der Waals surface area contributed by atoms with Gasteiger partial charge in [-0.2, -0.15) is 0 Å². The van der Waals surface area contributed by atoms with E-state index in [1.54, 1.807) is 68.2 Å². The molecule has 1 fully saturated rings. The minimum absolute atomic E-state index is 0.0603. The molecule has 0 spiro atoms. The van der Waals surface area contributed by atoms with E-state index in [2.05, 4.69) is 4.98 Å². The van der Waals surface area contributed by atoms with Crippen LogP contribution in [0.25, 0.3) is 5.76 Å². The van der Waals surface area contributed by atoms with Gasteiger partial charge in [-0.15, -0.1) is 0 Å². The van der Waals surface area contributed by atoms with Crippen LogP contribution in [-0.4, -0.2) is 44.9 Å². The summed E-state index contributed by atoms with van der Waals surface area (Å²) in [4.78, 5) is 31.5. The van der Waals surface area contributed by atoms with Crippen molar-refractivity contribution in [3.63, 3.8) is 0 Å². The Morgan fingerprint density at radius 2 is 1.81 bits per heavy atom. The van der Waals surface area contributed by atoms with Gasteiger partial charge in [-0.25, -0.2) is 4.98 Å². The van der Waals surface area contributed by atoms with Crippen molar-refractivity contribution in [2.45, 2.75) is 19.0 Å². The highest BCUT2D eigenvalue weighted by Crippen LogP contribution is 2.39. The van der Waals surface area contributed by atoms with Crippen LogP contribution >= 0.6 is 11.6 Å². The van der Waals surface area contributed by atoms with Gasteiger partial charge in [0.05, 0.1) is 25.1 Å². The third-order valence-corrected chi connectivity index (χ3v) is 5.72. The molecule has 2 aromatic carbocycles. The van der Waals surface area contributed by atoms with Crippen molar-refractivity contribution in [2.75, 3.05) is 13.7 Å². The summed E-state index contributed by atoms with van der Waals surface area (Å²) in [6, 6.07) is 12.9. The fourth-order valence-electron chi connectivity index (χ4n) is 3.85. The summed E-state index contributed by atoms with van der Waals surface area (Å²) in [7, 11) is 1.55. The zero-order valence-corrected chi connectivity index (χ0v) is 18.2. The van der Waals surface area contributed by atoms with Gasteiger partial charge in [-0.1, -0.05) is 23.7 Å². The standard InChI is InChI=1S/C24H22ClN3O4/c1-32-19-9-5-17(6-10-19)22(29)20-21(16-3-7-18(25)8-4-16)28(24(31)23(20)30)13-2-12-27-14-11-26-15-27/h3-11,14-15,21,29H,2,12-13H2,1H3.